The molecule has 0 spiro atoms. The molecule has 0 bridgehead atoms. The molecule has 0 amide bonds. The normalized spacial score (nSPS) is 26.6. The minimum absolute atomic E-state index is 0.262. The van der Waals surface area contributed by atoms with Gasteiger partial charge in [0.1, 0.15) is 7.14 Å². The van der Waals surface area contributed by atoms with Gasteiger partial charge in [-0.25, -0.2) is 0 Å². The Morgan fingerprint density at radius 2 is 1.44 bits per heavy atom. The van der Waals surface area contributed by atoms with Crippen LogP contribution in [-0.2, 0) is 4.57 Å². The first-order chi connectivity index (χ1) is 12.2. The van der Waals surface area contributed by atoms with E-state index in [1.165, 1.54) is 24.8 Å². The van der Waals surface area contributed by atoms with Gasteiger partial charge in [0.2, 0.25) is 0 Å². The molecule has 2 aliphatic rings. The Balaban J connectivity index is 1.86. The van der Waals surface area contributed by atoms with Gasteiger partial charge >= 0.3 is 0 Å². The van der Waals surface area contributed by atoms with Gasteiger partial charge in [0.15, 0.2) is 0 Å². The highest BCUT2D eigenvalue weighted by atomic mass is 31.2. The molecule has 0 radical (unpaired) electrons. The zero-order valence-corrected chi connectivity index (χ0v) is 15.9. The summed E-state index contributed by atoms with van der Waals surface area (Å²) in [5.74, 6) is 1.19. The second-order valence-electron chi connectivity index (χ2n) is 7.62. The van der Waals surface area contributed by atoms with E-state index in [1.807, 2.05) is 36.4 Å². The molecule has 2 aromatic rings. The fraction of sp³-hybridized carbons (Fsp3) is 0.391. The number of hydrogen-bond acceptors (Lipinski definition) is 1. The zero-order chi connectivity index (χ0) is 17.3. The molecule has 1 fully saturated rings. The molecule has 2 heteroatoms. The molecule has 1 nitrogen and oxygen atoms in total. The van der Waals surface area contributed by atoms with E-state index in [0.717, 1.165) is 23.5 Å². The Morgan fingerprint density at radius 1 is 0.840 bits per heavy atom. The molecule has 4 rings (SSSR count). The predicted octanol–water partition coefficient (Wildman–Crippen LogP) is 5.53. The van der Waals surface area contributed by atoms with Crippen LogP contribution in [0.2, 0.25) is 0 Å². The summed E-state index contributed by atoms with van der Waals surface area (Å²) >= 11 is 0. The van der Waals surface area contributed by atoms with Gasteiger partial charge < -0.3 is 4.57 Å². The van der Waals surface area contributed by atoms with Crippen LogP contribution in [0.25, 0.3) is 0 Å². The Kier molecular flexibility index (Phi) is 4.69. The van der Waals surface area contributed by atoms with E-state index in [9.17, 15) is 4.57 Å². The van der Waals surface area contributed by atoms with E-state index in [-0.39, 0.29) is 5.66 Å². The van der Waals surface area contributed by atoms with Crippen LogP contribution in [0, 0.1) is 11.8 Å². The third-order valence-corrected chi connectivity index (χ3v) is 10.0. The van der Waals surface area contributed by atoms with Gasteiger partial charge in [0, 0.05) is 16.3 Å². The summed E-state index contributed by atoms with van der Waals surface area (Å²) < 4.78 is 14.8. The number of hydrogen-bond donors (Lipinski definition) is 0. The Bertz CT molecular complexity index is 750. The van der Waals surface area contributed by atoms with Crippen molar-refractivity contribution in [3.63, 3.8) is 0 Å². The Morgan fingerprint density at radius 3 is 2.04 bits per heavy atom. The fourth-order valence-electron chi connectivity index (χ4n) is 5.14. The number of fused-ring (bicyclic) bond motifs is 1. The highest BCUT2D eigenvalue weighted by Crippen LogP contribution is 2.59. The average molecular weight is 350 g/mol. The van der Waals surface area contributed by atoms with Crippen molar-refractivity contribution >= 4 is 17.8 Å². The lowest BCUT2D eigenvalue weighted by Gasteiger charge is -2.35. The van der Waals surface area contributed by atoms with E-state index in [1.54, 1.807) is 0 Å². The monoisotopic (exact) mass is 350 g/mol. The standard InChI is InChI=1S/C23H27OP/c1-18-10-8-17-23(22-16-9-15-21(18)22)25(24,19-11-4-2-5-12-19)20-13-6-3-7-14-20/h2-7,10-14,21-23H,8-9,15-17H2,1H3/t21-,22-,23-/m1/s1. The van der Waals surface area contributed by atoms with Crippen LogP contribution in [-0.4, -0.2) is 5.66 Å². The van der Waals surface area contributed by atoms with Crippen LogP contribution in [0.1, 0.15) is 39.0 Å². The van der Waals surface area contributed by atoms with Crippen molar-refractivity contribution in [3.8, 4) is 0 Å². The summed E-state index contributed by atoms with van der Waals surface area (Å²) in [5, 5.41) is 2.08. The number of benzene rings is 2. The number of rotatable bonds is 3. The van der Waals surface area contributed by atoms with Crippen molar-refractivity contribution in [1.82, 2.24) is 0 Å². The quantitative estimate of drug-likeness (QED) is 0.526. The van der Waals surface area contributed by atoms with Crippen molar-refractivity contribution in [2.24, 2.45) is 11.8 Å². The molecular weight excluding hydrogens is 323 g/mol. The molecule has 0 unspecified atom stereocenters. The lowest BCUT2D eigenvalue weighted by atomic mass is 9.88. The van der Waals surface area contributed by atoms with Gasteiger partial charge in [-0.15, -0.1) is 0 Å². The topological polar surface area (TPSA) is 17.1 Å². The summed E-state index contributed by atoms with van der Waals surface area (Å²) in [6, 6.07) is 20.5. The van der Waals surface area contributed by atoms with E-state index in [4.69, 9.17) is 0 Å². The summed E-state index contributed by atoms with van der Waals surface area (Å²) in [6.45, 7) is 2.29. The second kappa shape index (κ2) is 6.96. The van der Waals surface area contributed by atoms with Gasteiger partial charge in [-0.1, -0.05) is 78.7 Å². The van der Waals surface area contributed by atoms with Crippen LogP contribution < -0.4 is 10.6 Å². The maximum absolute atomic E-state index is 14.8. The van der Waals surface area contributed by atoms with E-state index in [0.29, 0.717) is 11.8 Å². The SMILES string of the molecule is CC1=CCC[C@@H](P(=O)(c2ccccc2)c2ccccc2)[C@@H]2CCC[C@H]12. The van der Waals surface area contributed by atoms with E-state index >= 15 is 0 Å². The summed E-state index contributed by atoms with van der Waals surface area (Å²) in [6.07, 6.45) is 8.30. The van der Waals surface area contributed by atoms with Crippen LogP contribution in [0.4, 0.5) is 0 Å². The molecule has 0 aliphatic heterocycles. The fourth-order valence-corrected chi connectivity index (χ4v) is 8.85. The highest BCUT2D eigenvalue weighted by Gasteiger charge is 2.46. The molecule has 0 heterocycles. The molecule has 25 heavy (non-hydrogen) atoms. The zero-order valence-electron chi connectivity index (χ0n) is 15.0. The minimum Gasteiger partial charge on any atom is -0.313 e. The Labute approximate surface area is 151 Å². The molecule has 0 N–H and O–H groups in total. The third-order valence-electron chi connectivity index (χ3n) is 6.32. The average Bonchev–Trinajstić information content (AvgIpc) is 3.09. The molecule has 2 aromatic carbocycles. The third kappa shape index (κ3) is 2.93. The van der Waals surface area contributed by atoms with Crippen LogP contribution in [0.3, 0.4) is 0 Å². The maximum atomic E-state index is 14.8. The summed E-state index contributed by atoms with van der Waals surface area (Å²) in [4.78, 5) is 0. The van der Waals surface area contributed by atoms with Gasteiger partial charge in [0.05, 0.1) is 0 Å². The first-order valence-corrected chi connectivity index (χ1v) is 11.4. The van der Waals surface area contributed by atoms with Gasteiger partial charge in [-0.2, -0.15) is 0 Å². The molecule has 2 aliphatic carbocycles. The van der Waals surface area contributed by atoms with E-state index in [2.05, 4.69) is 37.3 Å². The molecule has 1 saturated carbocycles. The van der Waals surface area contributed by atoms with Gasteiger partial charge in [-0.3, -0.25) is 0 Å². The van der Waals surface area contributed by atoms with Crippen LogP contribution >= 0.6 is 7.14 Å². The smallest absolute Gasteiger partial charge is 0.146 e. The molecule has 3 atom stereocenters. The predicted molar refractivity (Wildman–Crippen MR) is 107 cm³/mol. The van der Waals surface area contributed by atoms with E-state index < -0.39 is 7.14 Å². The first kappa shape index (κ1) is 16.9. The molecule has 0 saturated heterocycles. The lowest BCUT2D eigenvalue weighted by molar-refractivity contribution is 0.409. The first-order valence-electron chi connectivity index (χ1n) is 9.59. The summed E-state index contributed by atoms with van der Waals surface area (Å²) in [5.41, 5.74) is 1.80. The van der Waals surface area contributed by atoms with Crippen molar-refractivity contribution in [2.45, 2.75) is 44.7 Å². The molecule has 130 valence electrons. The van der Waals surface area contributed by atoms with Gasteiger partial charge in [0.25, 0.3) is 0 Å². The van der Waals surface area contributed by atoms with Crippen molar-refractivity contribution < 1.29 is 4.57 Å². The van der Waals surface area contributed by atoms with Crippen LogP contribution in [0.15, 0.2) is 72.3 Å². The van der Waals surface area contributed by atoms with Crippen molar-refractivity contribution in [1.29, 1.82) is 0 Å². The van der Waals surface area contributed by atoms with Crippen molar-refractivity contribution in [3.05, 3.63) is 72.3 Å². The lowest BCUT2D eigenvalue weighted by Crippen LogP contribution is -2.32. The largest absolute Gasteiger partial charge is 0.313 e. The minimum atomic E-state index is -2.66. The Hall–Kier alpha value is -1.59. The number of allylic oxidation sites excluding steroid dienone is 2. The second-order valence-corrected chi connectivity index (χ2v) is 10.6. The molecular formula is C23H27OP. The van der Waals surface area contributed by atoms with Crippen LogP contribution in [0.5, 0.6) is 0 Å². The maximum Gasteiger partial charge on any atom is 0.146 e. The highest BCUT2D eigenvalue weighted by molar-refractivity contribution is 7.79. The van der Waals surface area contributed by atoms with Crippen molar-refractivity contribution in [2.75, 3.05) is 0 Å². The molecule has 0 aromatic heterocycles. The van der Waals surface area contributed by atoms with Gasteiger partial charge in [-0.05, 0) is 44.4 Å². The summed E-state index contributed by atoms with van der Waals surface area (Å²) in [7, 11) is -2.66.